The third-order valence-electron chi connectivity index (χ3n) is 9.41. The van der Waals surface area contributed by atoms with Crippen molar-refractivity contribution in [2.45, 2.75) is 70.7 Å². The Hall–Kier alpha value is -3.11. The highest BCUT2D eigenvalue weighted by molar-refractivity contribution is 5.55. The van der Waals surface area contributed by atoms with Gasteiger partial charge in [0.25, 0.3) is 6.47 Å². The van der Waals surface area contributed by atoms with Crippen LogP contribution in [0.2, 0.25) is 0 Å². The first kappa shape index (κ1) is 24.2. The zero-order valence-corrected chi connectivity index (χ0v) is 21.6. The van der Waals surface area contributed by atoms with Gasteiger partial charge in [0.15, 0.2) is 11.5 Å². The number of aryl methyl sites for hydroxylation is 1. The second-order valence-electron chi connectivity index (χ2n) is 11.3. The minimum atomic E-state index is 0.230. The molecule has 6 rings (SSSR count). The second-order valence-corrected chi connectivity index (χ2v) is 11.3. The molecule has 0 aromatic heterocycles. The van der Waals surface area contributed by atoms with Gasteiger partial charge >= 0.3 is 0 Å². The standard InChI is InChI=1S/C33H36O4/c1-33-17-16-26-27(29(33)14-15-32(33)36-21-24-10-6-3-7-11-24)13-12-25-18-30(31(37-22-34)19-28(25)26)35-20-23-8-4-2-5-9-23/h2-11,18-19,22,26-27,29,32H,12-17,20-21H2,1H3/t26-,27+,29-,32-,33-/m0/s1. The highest BCUT2D eigenvalue weighted by atomic mass is 16.5. The lowest BCUT2D eigenvalue weighted by molar-refractivity contribution is -0.120. The predicted molar refractivity (Wildman–Crippen MR) is 144 cm³/mol. The number of ether oxygens (including phenoxy) is 3. The molecule has 0 N–H and O–H groups in total. The van der Waals surface area contributed by atoms with E-state index < -0.39 is 0 Å². The fourth-order valence-corrected chi connectivity index (χ4v) is 7.57. The summed E-state index contributed by atoms with van der Waals surface area (Å²) in [6.07, 6.45) is 7.28. The third kappa shape index (κ3) is 4.68. The van der Waals surface area contributed by atoms with Crippen LogP contribution in [0.1, 0.15) is 67.2 Å². The van der Waals surface area contributed by atoms with Crippen molar-refractivity contribution in [2.75, 3.05) is 0 Å². The van der Waals surface area contributed by atoms with E-state index in [2.05, 4.69) is 49.4 Å². The van der Waals surface area contributed by atoms with E-state index >= 15 is 0 Å². The molecule has 0 spiro atoms. The lowest BCUT2D eigenvalue weighted by atomic mass is 9.55. The summed E-state index contributed by atoms with van der Waals surface area (Å²) in [6.45, 7) is 4.14. The molecule has 0 saturated heterocycles. The molecular formula is C33H36O4. The third-order valence-corrected chi connectivity index (χ3v) is 9.41. The van der Waals surface area contributed by atoms with Crippen LogP contribution in [-0.2, 0) is 29.2 Å². The first-order valence-electron chi connectivity index (χ1n) is 13.7. The van der Waals surface area contributed by atoms with Crippen LogP contribution in [0.5, 0.6) is 11.5 Å². The van der Waals surface area contributed by atoms with Crippen molar-refractivity contribution in [1.29, 1.82) is 0 Å². The molecule has 2 fully saturated rings. The molecule has 2 saturated carbocycles. The Balaban J connectivity index is 1.20. The Bertz CT molecular complexity index is 1220. The van der Waals surface area contributed by atoms with Crippen LogP contribution in [0.3, 0.4) is 0 Å². The summed E-state index contributed by atoms with van der Waals surface area (Å²) in [5.41, 5.74) is 5.28. The molecule has 3 aromatic rings. The Kier molecular flexibility index (Phi) is 6.77. The summed E-state index contributed by atoms with van der Waals surface area (Å²) in [6, 6.07) is 24.9. The maximum atomic E-state index is 11.4. The van der Waals surface area contributed by atoms with E-state index in [4.69, 9.17) is 14.2 Å². The molecule has 4 heteroatoms. The highest BCUT2D eigenvalue weighted by Crippen LogP contribution is 2.62. The number of carbonyl (C=O) groups excluding carboxylic acids is 1. The van der Waals surface area contributed by atoms with E-state index in [0.717, 1.165) is 24.8 Å². The minimum absolute atomic E-state index is 0.230. The van der Waals surface area contributed by atoms with Crippen LogP contribution in [0.4, 0.5) is 0 Å². The van der Waals surface area contributed by atoms with Gasteiger partial charge in [-0.2, -0.15) is 0 Å². The van der Waals surface area contributed by atoms with Crippen LogP contribution in [0.15, 0.2) is 72.8 Å². The lowest BCUT2D eigenvalue weighted by Crippen LogP contribution is -2.44. The van der Waals surface area contributed by atoms with Crippen molar-refractivity contribution in [3.8, 4) is 11.5 Å². The number of carbonyl (C=O) groups is 1. The molecule has 192 valence electrons. The van der Waals surface area contributed by atoms with E-state index in [1.807, 2.05) is 30.3 Å². The smallest absolute Gasteiger partial charge is 0.298 e. The first-order valence-corrected chi connectivity index (χ1v) is 13.7. The Labute approximate surface area is 220 Å². The Morgan fingerprint density at radius 3 is 2.32 bits per heavy atom. The summed E-state index contributed by atoms with van der Waals surface area (Å²) in [5, 5.41) is 0. The molecule has 0 unspecified atom stereocenters. The number of hydrogen-bond donors (Lipinski definition) is 0. The Morgan fingerprint density at radius 2 is 1.59 bits per heavy atom. The number of hydrogen-bond acceptors (Lipinski definition) is 4. The molecule has 0 amide bonds. The van der Waals surface area contributed by atoms with Crippen LogP contribution in [-0.4, -0.2) is 12.6 Å². The van der Waals surface area contributed by atoms with Crippen LogP contribution < -0.4 is 9.47 Å². The van der Waals surface area contributed by atoms with E-state index in [1.165, 1.54) is 36.0 Å². The summed E-state index contributed by atoms with van der Waals surface area (Å²) >= 11 is 0. The highest BCUT2D eigenvalue weighted by Gasteiger charge is 2.55. The lowest BCUT2D eigenvalue weighted by Gasteiger charge is -2.50. The zero-order chi connectivity index (χ0) is 25.2. The van der Waals surface area contributed by atoms with E-state index in [9.17, 15) is 4.79 Å². The van der Waals surface area contributed by atoms with Crippen molar-refractivity contribution in [1.82, 2.24) is 0 Å². The molecular weight excluding hydrogens is 460 g/mol. The van der Waals surface area contributed by atoms with Gasteiger partial charge in [0, 0.05) is 0 Å². The van der Waals surface area contributed by atoms with Gasteiger partial charge in [0.05, 0.1) is 12.7 Å². The van der Waals surface area contributed by atoms with Gasteiger partial charge < -0.3 is 14.2 Å². The van der Waals surface area contributed by atoms with E-state index in [1.54, 1.807) is 0 Å². The van der Waals surface area contributed by atoms with E-state index in [-0.39, 0.29) is 5.41 Å². The summed E-state index contributed by atoms with van der Waals surface area (Å²) in [4.78, 5) is 11.4. The maximum absolute atomic E-state index is 11.4. The fourth-order valence-electron chi connectivity index (χ4n) is 7.57. The van der Waals surface area contributed by atoms with Crippen molar-refractivity contribution in [2.24, 2.45) is 17.3 Å². The topological polar surface area (TPSA) is 44.8 Å². The monoisotopic (exact) mass is 496 g/mol. The first-order chi connectivity index (χ1) is 18.2. The molecule has 0 aliphatic heterocycles. The van der Waals surface area contributed by atoms with Gasteiger partial charge in [0.1, 0.15) is 6.61 Å². The van der Waals surface area contributed by atoms with Crippen molar-refractivity contribution < 1.29 is 19.0 Å². The van der Waals surface area contributed by atoms with Gasteiger partial charge in [-0.3, -0.25) is 4.79 Å². The summed E-state index contributed by atoms with van der Waals surface area (Å²) in [7, 11) is 0. The second kappa shape index (κ2) is 10.3. The van der Waals surface area contributed by atoms with Crippen molar-refractivity contribution in [3.05, 3.63) is 95.1 Å². The quantitative estimate of drug-likeness (QED) is 0.308. The molecule has 5 atom stereocenters. The molecule has 3 aliphatic rings. The molecule has 0 radical (unpaired) electrons. The van der Waals surface area contributed by atoms with Gasteiger partial charge in [-0.25, -0.2) is 0 Å². The predicted octanol–water partition coefficient (Wildman–Crippen LogP) is 7.24. The normalized spacial score (nSPS) is 28.0. The molecule has 0 bridgehead atoms. The summed E-state index contributed by atoms with van der Waals surface area (Å²) < 4.78 is 18.1. The van der Waals surface area contributed by atoms with Crippen molar-refractivity contribution >= 4 is 6.47 Å². The van der Waals surface area contributed by atoms with Gasteiger partial charge in [0.2, 0.25) is 0 Å². The SMILES string of the molecule is C[C@]12CC[C@@H]3c4cc(OC=O)c(OCc5ccccc5)cc4CC[C@H]3[C@@H]1CC[C@@H]2OCc1ccccc1. The van der Waals surface area contributed by atoms with Crippen LogP contribution >= 0.6 is 0 Å². The average Bonchev–Trinajstić information content (AvgIpc) is 3.28. The number of rotatable bonds is 8. The van der Waals surface area contributed by atoms with Crippen molar-refractivity contribution in [3.63, 3.8) is 0 Å². The van der Waals surface area contributed by atoms with Crippen LogP contribution in [0, 0.1) is 17.3 Å². The maximum Gasteiger partial charge on any atom is 0.298 e. The molecule has 4 nitrogen and oxygen atoms in total. The van der Waals surface area contributed by atoms with Gasteiger partial charge in [-0.05, 0) is 96.1 Å². The fraction of sp³-hybridized carbons (Fsp3) is 0.424. The Morgan fingerprint density at radius 1 is 0.865 bits per heavy atom. The molecule has 3 aromatic carbocycles. The summed E-state index contributed by atoms with van der Waals surface area (Å²) in [5.74, 6) is 3.02. The zero-order valence-electron chi connectivity index (χ0n) is 21.6. The minimum Gasteiger partial charge on any atom is -0.485 e. The van der Waals surface area contributed by atoms with Crippen LogP contribution in [0.25, 0.3) is 0 Å². The number of benzene rings is 3. The molecule has 3 aliphatic carbocycles. The average molecular weight is 497 g/mol. The largest absolute Gasteiger partial charge is 0.485 e. The van der Waals surface area contributed by atoms with Gasteiger partial charge in [-0.15, -0.1) is 0 Å². The molecule has 37 heavy (non-hydrogen) atoms. The number of fused-ring (bicyclic) bond motifs is 5. The molecule has 0 heterocycles. The van der Waals surface area contributed by atoms with Gasteiger partial charge in [-0.1, -0.05) is 67.6 Å². The van der Waals surface area contributed by atoms with E-state index in [0.29, 0.717) is 55.0 Å².